The van der Waals surface area contributed by atoms with E-state index >= 15 is 0 Å². The lowest BCUT2D eigenvalue weighted by molar-refractivity contribution is 0.973. The minimum absolute atomic E-state index is 0.176. The van der Waals surface area contributed by atoms with E-state index in [2.05, 4.69) is 56.3 Å². The largest absolute Gasteiger partial charge is 0.399 e. The molecule has 2 heteroatoms. The van der Waals surface area contributed by atoms with Crippen LogP contribution in [0.5, 0.6) is 0 Å². The van der Waals surface area contributed by atoms with Crippen LogP contribution in [0.4, 0.5) is 11.4 Å². The van der Waals surface area contributed by atoms with Crippen LogP contribution in [-0.4, -0.2) is 0 Å². The standard InChI is InChI=1S/C21H22N2/c1-14-3-4-18(13-15(14)2)21(16-5-9-19(22)10-6-16)17-7-11-20(23)12-8-17/h3-13,21H,22-23H2,1-2H3. The van der Waals surface area contributed by atoms with Crippen LogP contribution in [0.2, 0.25) is 0 Å². The van der Waals surface area contributed by atoms with Crippen molar-refractivity contribution < 1.29 is 0 Å². The molecule has 0 fully saturated rings. The SMILES string of the molecule is Cc1ccc(C(c2ccc(N)cc2)c2ccc(N)cc2)cc1C. The highest BCUT2D eigenvalue weighted by atomic mass is 14.5. The summed E-state index contributed by atoms with van der Waals surface area (Å²) in [5.41, 5.74) is 19.6. The van der Waals surface area contributed by atoms with Crippen LogP contribution in [0.1, 0.15) is 33.7 Å². The molecule has 0 heterocycles. The Labute approximate surface area is 137 Å². The Bertz CT molecular complexity index is 757. The van der Waals surface area contributed by atoms with Crippen molar-refractivity contribution in [3.63, 3.8) is 0 Å². The zero-order valence-electron chi connectivity index (χ0n) is 13.6. The first-order valence-corrected chi connectivity index (χ1v) is 7.82. The molecule has 4 N–H and O–H groups in total. The fourth-order valence-electron chi connectivity index (χ4n) is 2.90. The summed E-state index contributed by atoms with van der Waals surface area (Å²) < 4.78 is 0. The molecule has 0 bridgehead atoms. The monoisotopic (exact) mass is 302 g/mol. The number of rotatable bonds is 3. The van der Waals surface area contributed by atoms with Crippen molar-refractivity contribution in [2.75, 3.05) is 11.5 Å². The Balaban J connectivity index is 2.14. The molecule has 3 aromatic carbocycles. The second kappa shape index (κ2) is 6.17. The Morgan fingerprint density at radius 1 is 0.565 bits per heavy atom. The molecule has 3 aromatic rings. The molecule has 0 aliphatic carbocycles. The van der Waals surface area contributed by atoms with Gasteiger partial charge in [0.2, 0.25) is 0 Å². The molecule has 2 nitrogen and oxygen atoms in total. The van der Waals surface area contributed by atoms with Gasteiger partial charge in [0.15, 0.2) is 0 Å². The molecular formula is C21H22N2. The molecular weight excluding hydrogens is 280 g/mol. The van der Waals surface area contributed by atoms with Crippen LogP contribution in [0, 0.1) is 13.8 Å². The Morgan fingerprint density at radius 3 is 1.43 bits per heavy atom. The topological polar surface area (TPSA) is 52.0 Å². The van der Waals surface area contributed by atoms with Crippen LogP contribution < -0.4 is 11.5 Å². The number of nitrogens with two attached hydrogens (primary N) is 2. The van der Waals surface area contributed by atoms with E-state index in [0.29, 0.717) is 0 Å². The van der Waals surface area contributed by atoms with E-state index in [1.165, 1.54) is 27.8 Å². The van der Waals surface area contributed by atoms with Crippen LogP contribution in [-0.2, 0) is 0 Å². The molecule has 0 aliphatic rings. The zero-order chi connectivity index (χ0) is 16.4. The number of hydrogen-bond donors (Lipinski definition) is 2. The second-order valence-corrected chi connectivity index (χ2v) is 6.11. The Hall–Kier alpha value is -2.74. The molecule has 0 saturated heterocycles. The molecule has 3 rings (SSSR count). The maximum Gasteiger partial charge on any atom is 0.0340 e. The third kappa shape index (κ3) is 3.21. The fraction of sp³-hybridized carbons (Fsp3) is 0.143. The summed E-state index contributed by atoms with van der Waals surface area (Å²) in [6.07, 6.45) is 0. The minimum atomic E-state index is 0.176. The van der Waals surface area contributed by atoms with Gasteiger partial charge in [-0.3, -0.25) is 0 Å². The van der Waals surface area contributed by atoms with Gasteiger partial charge in [0, 0.05) is 17.3 Å². The average molecular weight is 302 g/mol. The van der Waals surface area contributed by atoms with Gasteiger partial charge in [-0.05, 0) is 65.9 Å². The van der Waals surface area contributed by atoms with Crippen LogP contribution in [0.25, 0.3) is 0 Å². The van der Waals surface area contributed by atoms with Crippen molar-refractivity contribution in [1.29, 1.82) is 0 Å². The Kier molecular flexibility index (Phi) is 4.07. The van der Waals surface area contributed by atoms with Gasteiger partial charge in [0.1, 0.15) is 0 Å². The summed E-state index contributed by atoms with van der Waals surface area (Å²) in [6.45, 7) is 4.29. The van der Waals surface area contributed by atoms with Gasteiger partial charge in [0.25, 0.3) is 0 Å². The summed E-state index contributed by atoms with van der Waals surface area (Å²) in [5.74, 6) is 0.176. The van der Waals surface area contributed by atoms with E-state index in [9.17, 15) is 0 Å². The van der Waals surface area contributed by atoms with E-state index in [-0.39, 0.29) is 5.92 Å². The summed E-state index contributed by atoms with van der Waals surface area (Å²) in [6, 6.07) is 22.9. The lowest BCUT2D eigenvalue weighted by Gasteiger charge is -2.20. The highest BCUT2D eigenvalue weighted by molar-refractivity contribution is 5.50. The Morgan fingerprint density at radius 2 is 1.00 bits per heavy atom. The van der Waals surface area contributed by atoms with E-state index in [4.69, 9.17) is 11.5 Å². The number of hydrogen-bond acceptors (Lipinski definition) is 2. The van der Waals surface area contributed by atoms with Gasteiger partial charge in [-0.15, -0.1) is 0 Å². The van der Waals surface area contributed by atoms with Crippen molar-refractivity contribution >= 4 is 11.4 Å². The summed E-state index contributed by atoms with van der Waals surface area (Å²) in [4.78, 5) is 0. The number of nitrogen functional groups attached to an aromatic ring is 2. The summed E-state index contributed by atoms with van der Waals surface area (Å²) in [7, 11) is 0. The normalized spacial score (nSPS) is 10.9. The molecule has 116 valence electrons. The van der Waals surface area contributed by atoms with E-state index < -0.39 is 0 Å². The minimum Gasteiger partial charge on any atom is -0.399 e. The lowest BCUT2D eigenvalue weighted by Crippen LogP contribution is -2.04. The molecule has 0 radical (unpaired) electrons. The first-order chi connectivity index (χ1) is 11.0. The van der Waals surface area contributed by atoms with Gasteiger partial charge in [-0.2, -0.15) is 0 Å². The smallest absolute Gasteiger partial charge is 0.0340 e. The van der Waals surface area contributed by atoms with Crippen LogP contribution in [0.3, 0.4) is 0 Å². The molecule has 0 atom stereocenters. The van der Waals surface area contributed by atoms with E-state index in [0.717, 1.165) is 11.4 Å². The number of benzene rings is 3. The maximum atomic E-state index is 5.85. The predicted molar refractivity (Wildman–Crippen MR) is 98.6 cm³/mol. The van der Waals surface area contributed by atoms with Crippen molar-refractivity contribution in [2.45, 2.75) is 19.8 Å². The predicted octanol–water partition coefficient (Wildman–Crippen LogP) is 4.65. The highest BCUT2D eigenvalue weighted by Gasteiger charge is 2.17. The van der Waals surface area contributed by atoms with Crippen molar-refractivity contribution in [3.05, 3.63) is 94.5 Å². The quantitative estimate of drug-likeness (QED) is 0.546. The van der Waals surface area contributed by atoms with Crippen LogP contribution in [0.15, 0.2) is 66.7 Å². The molecule has 0 aliphatic heterocycles. The van der Waals surface area contributed by atoms with Gasteiger partial charge in [0.05, 0.1) is 0 Å². The molecule has 0 amide bonds. The zero-order valence-corrected chi connectivity index (χ0v) is 13.6. The third-order valence-electron chi connectivity index (χ3n) is 4.40. The van der Waals surface area contributed by atoms with Gasteiger partial charge < -0.3 is 11.5 Å². The van der Waals surface area contributed by atoms with Gasteiger partial charge >= 0.3 is 0 Å². The number of aryl methyl sites for hydroxylation is 2. The lowest BCUT2D eigenvalue weighted by atomic mass is 9.84. The van der Waals surface area contributed by atoms with E-state index in [1.54, 1.807) is 0 Å². The van der Waals surface area contributed by atoms with Crippen molar-refractivity contribution in [1.82, 2.24) is 0 Å². The first kappa shape index (κ1) is 15.2. The van der Waals surface area contributed by atoms with Crippen molar-refractivity contribution in [3.8, 4) is 0 Å². The van der Waals surface area contributed by atoms with Crippen LogP contribution >= 0.6 is 0 Å². The third-order valence-corrected chi connectivity index (χ3v) is 4.40. The first-order valence-electron chi connectivity index (χ1n) is 7.82. The molecule has 0 spiro atoms. The van der Waals surface area contributed by atoms with Gasteiger partial charge in [-0.1, -0.05) is 42.5 Å². The van der Waals surface area contributed by atoms with Crippen molar-refractivity contribution in [2.24, 2.45) is 0 Å². The summed E-state index contributed by atoms with van der Waals surface area (Å²) in [5, 5.41) is 0. The molecule has 0 saturated carbocycles. The molecule has 0 unspecified atom stereocenters. The molecule has 23 heavy (non-hydrogen) atoms. The summed E-state index contributed by atoms with van der Waals surface area (Å²) >= 11 is 0. The van der Waals surface area contributed by atoms with Gasteiger partial charge in [-0.25, -0.2) is 0 Å². The van der Waals surface area contributed by atoms with E-state index in [1.807, 2.05) is 24.3 Å². The number of anilines is 2. The molecule has 0 aromatic heterocycles. The maximum absolute atomic E-state index is 5.85. The highest BCUT2D eigenvalue weighted by Crippen LogP contribution is 2.33. The second-order valence-electron chi connectivity index (χ2n) is 6.11. The fourth-order valence-corrected chi connectivity index (χ4v) is 2.90. The average Bonchev–Trinajstić information content (AvgIpc) is 2.55.